The summed E-state index contributed by atoms with van der Waals surface area (Å²) in [4.78, 5) is 12.5. The zero-order valence-corrected chi connectivity index (χ0v) is 22.7. The Morgan fingerprint density at radius 1 is 0.973 bits per heavy atom. The maximum atomic E-state index is 12.5. The van der Waals surface area contributed by atoms with Crippen molar-refractivity contribution in [2.75, 3.05) is 27.1 Å². The molecule has 0 bridgehead atoms. The molecular formula is C26H24BrN5O4S. The van der Waals surface area contributed by atoms with Gasteiger partial charge in [-0.15, -0.1) is 10.2 Å². The Morgan fingerprint density at radius 3 is 2.41 bits per heavy atom. The van der Waals surface area contributed by atoms with E-state index in [1.807, 2.05) is 71.3 Å². The minimum Gasteiger partial charge on any atom is -0.496 e. The van der Waals surface area contributed by atoms with E-state index in [4.69, 9.17) is 14.2 Å². The number of hydrogen-bond acceptors (Lipinski definition) is 8. The van der Waals surface area contributed by atoms with Gasteiger partial charge in [0.1, 0.15) is 5.75 Å². The predicted molar refractivity (Wildman–Crippen MR) is 147 cm³/mol. The van der Waals surface area contributed by atoms with Gasteiger partial charge in [0.05, 0.1) is 37.8 Å². The summed E-state index contributed by atoms with van der Waals surface area (Å²) in [7, 11) is 4.77. The molecule has 0 aliphatic heterocycles. The number of ether oxygens (including phenoxy) is 3. The fourth-order valence-corrected chi connectivity index (χ4v) is 4.74. The van der Waals surface area contributed by atoms with Gasteiger partial charge in [0.15, 0.2) is 22.5 Å². The Labute approximate surface area is 227 Å². The lowest BCUT2D eigenvalue weighted by molar-refractivity contribution is -0.118. The van der Waals surface area contributed by atoms with E-state index in [0.29, 0.717) is 28.2 Å². The van der Waals surface area contributed by atoms with Crippen LogP contribution in [-0.4, -0.2) is 54.0 Å². The van der Waals surface area contributed by atoms with Gasteiger partial charge in [-0.05, 0) is 70.0 Å². The summed E-state index contributed by atoms with van der Waals surface area (Å²) in [5, 5.41) is 13.4. The first-order valence-corrected chi connectivity index (χ1v) is 12.8. The van der Waals surface area contributed by atoms with E-state index in [-0.39, 0.29) is 11.7 Å². The van der Waals surface area contributed by atoms with Gasteiger partial charge in [0.2, 0.25) is 0 Å². The number of para-hydroxylation sites is 1. The van der Waals surface area contributed by atoms with Crippen LogP contribution in [0.15, 0.2) is 81.5 Å². The van der Waals surface area contributed by atoms with E-state index < -0.39 is 0 Å². The van der Waals surface area contributed by atoms with Crippen LogP contribution in [0.1, 0.15) is 5.56 Å². The van der Waals surface area contributed by atoms with Gasteiger partial charge in [-0.25, -0.2) is 5.43 Å². The second kappa shape index (κ2) is 12.4. The number of methoxy groups -OCH3 is 3. The highest BCUT2D eigenvalue weighted by atomic mass is 79.9. The fraction of sp³-hybridized carbons (Fsp3) is 0.154. The van der Waals surface area contributed by atoms with E-state index in [0.717, 1.165) is 21.3 Å². The highest BCUT2D eigenvalue weighted by Gasteiger charge is 2.18. The molecule has 11 heteroatoms. The van der Waals surface area contributed by atoms with E-state index >= 15 is 0 Å². The zero-order chi connectivity index (χ0) is 26.2. The number of halogens is 1. The lowest BCUT2D eigenvalue weighted by Crippen LogP contribution is -2.20. The third kappa shape index (κ3) is 6.30. The fourth-order valence-electron chi connectivity index (χ4n) is 3.44. The molecule has 190 valence electrons. The van der Waals surface area contributed by atoms with Crippen LogP contribution in [0.25, 0.3) is 17.1 Å². The molecule has 0 aliphatic rings. The monoisotopic (exact) mass is 581 g/mol. The topological polar surface area (TPSA) is 99.9 Å². The first-order chi connectivity index (χ1) is 18.0. The highest BCUT2D eigenvalue weighted by molar-refractivity contribution is 9.10. The molecule has 0 saturated carbocycles. The second-order valence-corrected chi connectivity index (χ2v) is 9.32. The van der Waals surface area contributed by atoms with Gasteiger partial charge in [-0.3, -0.25) is 9.36 Å². The van der Waals surface area contributed by atoms with Crippen molar-refractivity contribution in [3.63, 3.8) is 0 Å². The normalized spacial score (nSPS) is 10.9. The molecular weight excluding hydrogens is 558 g/mol. The molecule has 0 fully saturated rings. The van der Waals surface area contributed by atoms with Crippen LogP contribution in [0.3, 0.4) is 0 Å². The van der Waals surface area contributed by atoms with Gasteiger partial charge < -0.3 is 14.2 Å². The molecule has 4 rings (SSSR count). The molecule has 0 spiro atoms. The number of hydrogen-bond donors (Lipinski definition) is 1. The number of nitrogens with one attached hydrogen (secondary N) is 1. The third-order valence-corrected chi connectivity index (χ3v) is 6.75. The minimum absolute atomic E-state index is 0.0978. The van der Waals surface area contributed by atoms with Crippen LogP contribution in [0.5, 0.6) is 17.2 Å². The van der Waals surface area contributed by atoms with Gasteiger partial charge in [-0.1, -0.05) is 30.0 Å². The summed E-state index contributed by atoms with van der Waals surface area (Å²) in [6, 6.07) is 20.8. The van der Waals surface area contributed by atoms with Gasteiger partial charge in [0.25, 0.3) is 5.91 Å². The number of carbonyl (C=O) groups is 1. The highest BCUT2D eigenvalue weighted by Crippen LogP contribution is 2.34. The molecule has 4 aromatic rings. The molecule has 9 nitrogen and oxygen atoms in total. The molecule has 37 heavy (non-hydrogen) atoms. The van der Waals surface area contributed by atoms with Crippen LogP contribution in [0, 0.1) is 0 Å². The van der Waals surface area contributed by atoms with Crippen LogP contribution in [0.4, 0.5) is 0 Å². The second-order valence-electron chi connectivity index (χ2n) is 7.52. The van der Waals surface area contributed by atoms with E-state index in [9.17, 15) is 4.79 Å². The number of carbonyl (C=O) groups excluding carboxylic acids is 1. The molecule has 1 N–H and O–H groups in total. The maximum Gasteiger partial charge on any atom is 0.250 e. The summed E-state index contributed by atoms with van der Waals surface area (Å²) in [5.41, 5.74) is 5.02. The van der Waals surface area contributed by atoms with Gasteiger partial charge in [-0.2, -0.15) is 5.10 Å². The van der Waals surface area contributed by atoms with Crippen LogP contribution in [-0.2, 0) is 4.79 Å². The lowest BCUT2D eigenvalue weighted by Gasteiger charge is -2.12. The maximum absolute atomic E-state index is 12.5. The van der Waals surface area contributed by atoms with Crippen molar-refractivity contribution < 1.29 is 19.0 Å². The Bertz CT molecular complexity index is 1410. The van der Waals surface area contributed by atoms with Gasteiger partial charge >= 0.3 is 0 Å². The van der Waals surface area contributed by atoms with Crippen molar-refractivity contribution in [3.8, 4) is 34.3 Å². The number of thioether (sulfide) groups is 1. The minimum atomic E-state index is -0.274. The van der Waals surface area contributed by atoms with E-state index in [1.165, 1.54) is 11.8 Å². The first-order valence-electron chi connectivity index (χ1n) is 11.1. The number of benzene rings is 3. The van der Waals surface area contributed by atoms with Gasteiger partial charge in [0, 0.05) is 11.3 Å². The van der Waals surface area contributed by atoms with E-state index in [2.05, 4.69) is 36.7 Å². The quantitative estimate of drug-likeness (QED) is 0.160. The number of rotatable bonds is 10. The number of aromatic nitrogens is 3. The SMILES string of the molecule is COc1ccc(/C=N\NC(=O)CSc2nnc(-c3ccc(OC)c(OC)c3)n2-c2ccccc2)cc1Br. The average Bonchev–Trinajstić information content (AvgIpc) is 3.36. The average molecular weight is 582 g/mol. The van der Waals surface area contributed by atoms with Crippen LogP contribution >= 0.6 is 27.7 Å². The Balaban J connectivity index is 1.51. The summed E-state index contributed by atoms with van der Waals surface area (Å²) >= 11 is 4.69. The summed E-state index contributed by atoms with van der Waals surface area (Å²) < 4.78 is 18.7. The molecule has 0 radical (unpaired) electrons. The van der Waals surface area contributed by atoms with Crippen LogP contribution in [0.2, 0.25) is 0 Å². The molecule has 3 aromatic carbocycles. The third-order valence-electron chi connectivity index (χ3n) is 5.20. The molecule has 1 aromatic heterocycles. The van der Waals surface area contributed by atoms with Crippen LogP contribution < -0.4 is 19.6 Å². The molecule has 0 aliphatic carbocycles. The molecule has 0 atom stereocenters. The molecule has 1 heterocycles. The summed E-state index contributed by atoms with van der Waals surface area (Å²) in [5.74, 6) is 2.35. The lowest BCUT2D eigenvalue weighted by atomic mass is 10.2. The summed E-state index contributed by atoms with van der Waals surface area (Å²) in [6.45, 7) is 0. The Hall–Kier alpha value is -3.83. The molecule has 0 unspecified atom stereocenters. The van der Waals surface area contributed by atoms with Crippen molar-refractivity contribution in [2.45, 2.75) is 5.16 Å². The Morgan fingerprint density at radius 2 is 1.70 bits per heavy atom. The van der Waals surface area contributed by atoms with Crippen molar-refractivity contribution in [1.29, 1.82) is 0 Å². The zero-order valence-electron chi connectivity index (χ0n) is 20.3. The summed E-state index contributed by atoms with van der Waals surface area (Å²) in [6.07, 6.45) is 1.56. The Kier molecular flexibility index (Phi) is 8.81. The molecule has 0 saturated heterocycles. The van der Waals surface area contributed by atoms with E-state index in [1.54, 1.807) is 27.5 Å². The largest absolute Gasteiger partial charge is 0.496 e. The van der Waals surface area contributed by atoms with Crippen molar-refractivity contribution in [3.05, 3.63) is 76.8 Å². The number of hydrazone groups is 1. The molecule has 1 amide bonds. The first kappa shape index (κ1) is 26.2. The smallest absolute Gasteiger partial charge is 0.250 e. The van der Waals surface area contributed by atoms with Crippen molar-refractivity contribution >= 4 is 39.8 Å². The standard InChI is InChI=1S/C26H24BrN5O4S/c1-34-21-11-9-17(13-20(21)27)15-28-29-24(33)16-37-26-31-30-25(32(26)19-7-5-4-6-8-19)18-10-12-22(35-2)23(14-18)36-3/h4-15H,16H2,1-3H3,(H,29,33)/b28-15-. The predicted octanol–water partition coefficient (Wildman–Crippen LogP) is 4.97. The van der Waals surface area contributed by atoms with Crippen molar-refractivity contribution in [2.24, 2.45) is 5.10 Å². The number of nitrogens with zero attached hydrogens (tertiary/aromatic N) is 4. The van der Waals surface area contributed by atoms with Crippen molar-refractivity contribution in [1.82, 2.24) is 20.2 Å². The number of amides is 1.